The number of hydrogen-bond donors (Lipinski definition) is 1. The zero-order valence-electron chi connectivity index (χ0n) is 12.5. The Morgan fingerprint density at radius 2 is 2.00 bits per heavy atom. The van der Waals surface area contributed by atoms with E-state index in [1.807, 2.05) is 18.2 Å². The normalized spacial score (nSPS) is 16.6. The average molecular weight is 333 g/mol. The first-order valence-electron chi connectivity index (χ1n) is 7.58. The summed E-state index contributed by atoms with van der Waals surface area (Å²) in [5.74, 6) is 1.01. The van der Waals surface area contributed by atoms with Crippen molar-refractivity contribution in [2.75, 3.05) is 11.1 Å². The molecule has 1 aromatic carbocycles. The second-order valence-electron chi connectivity index (χ2n) is 5.42. The fourth-order valence-electron chi connectivity index (χ4n) is 3.04. The predicted octanol–water partition coefficient (Wildman–Crippen LogP) is 4.10. The molecule has 1 amide bonds. The molecule has 3 rings (SSSR count). The van der Waals surface area contributed by atoms with Crippen LogP contribution in [0.15, 0.2) is 34.7 Å². The van der Waals surface area contributed by atoms with Gasteiger partial charge in [0, 0.05) is 0 Å². The van der Waals surface area contributed by atoms with E-state index in [2.05, 4.69) is 34.6 Å². The molecule has 1 aromatic heterocycles. The lowest BCUT2D eigenvalue weighted by Crippen LogP contribution is -2.37. The largest absolute Gasteiger partial charge is 0.300 e. The lowest BCUT2D eigenvalue weighted by molar-refractivity contribution is -0.121. The Morgan fingerprint density at radius 3 is 2.68 bits per heavy atom. The van der Waals surface area contributed by atoms with Crippen molar-refractivity contribution >= 4 is 34.1 Å². The first kappa shape index (κ1) is 15.5. The minimum absolute atomic E-state index is 0.0559. The SMILES string of the molecule is CCSc1nnc(NC(=O)C2(c3ccccc3)CCCC2)s1. The zero-order chi connectivity index (χ0) is 15.4. The summed E-state index contributed by atoms with van der Waals surface area (Å²) < 4.78 is 0.901. The maximum atomic E-state index is 12.9. The zero-order valence-corrected chi connectivity index (χ0v) is 14.2. The van der Waals surface area contributed by atoms with Crippen LogP contribution in [0, 0.1) is 0 Å². The molecule has 1 heterocycles. The van der Waals surface area contributed by atoms with E-state index in [4.69, 9.17) is 0 Å². The van der Waals surface area contributed by atoms with Gasteiger partial charge in [0.1, 0.15) is 0 Å². The molecular weight excluding hydrogens is 314 g/mol. The maximum absolute atomic E-state index is 12.9. The minimum Gasteiger partial charge on any atom is -0.300 e. The van der Waals surface area contributed by atoms with Gasteiger partial charge in [0.2, 0.25) is 11.0 Å². The molecule has 0 radical (unpaired) electrons. The summed E-state index contributed by atoms with van der Waals surface area (Å²) in [7, 11) is 0. The number of anilines is 1. The Kier molecular flexibility index (Phi) is 4.78. The number of carbonyl (C=O) groups excluding carboxylic acids is 1. The molecule has 0 unspecified atom stereocenters. The summed E-state index contributed by atoms with van der Waals surface area (Å²) >= 11 is 3.09. The molecule has 1 fully saturated rings. The number of nitrogens with one attached hydrogen (secondary N) is 1. The highest BCUT2D eigenvalue weighted by atomic mass is 32.2. The Balaban J connectivity index is 1.81. The summed E-state index contributed by atoms with van der Waals surface area (Å²) in [5.41, 5.74) is 0.697. The van der Waals surface area contributed by atoms with Gasteiger partial charge in [-0.15, -0.1) is 10.2 Å². The van der Waals surface area contributed by atoms with Crippen LogP contribution in [-0.4, -0.2) is 21.9 Å². The number of nitrogens with zero attached hydrogens (tertiary/aromatic N) is 2. The van der Waals surface area contributed by atoms with Crippen molar-refractivity contribution < 1.29 is 4.79 Å². The highest BCUT2D eigenvalue weighted by Crippen LogP contribution is 2.42. The van der Waals surface area contributed by atoms with Crippen LogP contribution in [0.25, 0.3) is 0 Å². The third kappa shape index (κ3) is 3.03. The van der Waals surface area contributed by atoms with Crippen LogP contribution in [0.1, 0.15) is 38.2 Å². The van der Waals surface area contributed by atoms with E-state index in [1.165, 1.54) is 11.3 Å². The second-order valence-corrected chi connectivity index (χ2v) is 7.90. The fraction of sp³-hybridized carbons (Fsp3) is 0.438. The van der Waals surface area contributed by atoms with Gasteiger partial charge >= 0.3 is 0 Å². The first-order valence-corrected chi connectivity index (χ1v) is 9.38. The van der Waals surface area contributed by atoms with Crippen LogP contribution < -0.4 is 5.32 Å². The lowest BCUT2D eigenvalue weighted by Gasteiger charge is -2.27. The third-order valence-corrected chi connectivity index (χ3v) is 5.97. The van der Waals surface area contributed by atoms with E-state index in [0.29, 0.717) is 5.13 Å². The van der Waals surface area contributed by atoms with Gasteiger partial charge in [-0.25, -0.2) is 0 Å². The average Bonchev–Trinajstić information content (AvgIpc) is 3.19. The van der Waals surface area contributed by atoms with Crippen molar-refractivity contribution in [1.82, 2.24) is 10.2 Å². The molecule has 0 bridgehead atoms. The maximum Gasteiger partial charge on any atom is 0.236 e. The van der Waals surface area contributed by atoms with Crippen LogP contribution >= 0.6 is 23.1 Å². The van der Waals surface area contributed by atoms with Crippen molar-refractivity contribution in [2.24, 2.45) is 0 Å². The van der Waals surface area contributed by atoms with E-state index in [1.54, 1.807) is 11.8 Å². The number of rotatable bonds is 5. The van der Waals surface area contributed by atoms with E-state index in [0.717, 1.165) is 41.3 Å². The van der Waals surface area contributed by atoms with E-state index < -0.39 is 5.41 Å². The summed E-state index contributed by atoms with van der Waals surface area (Å²) in [5, 5.41) is 11.8. The predicted molar refractivity (Wildman–Crippen MR) is 91.5 cm³/mol. The first-order chi connectivity index (χ1) is 10.7. The number of carbonyl (C=O) groups is 1. The van der Waals surface area contributed by atoms with Crippen LogP contribution in [0.5, 0.6) is 0 Å². The van der Waals surface area contributed by atoms with Crippen LogP contribution in [0.2, 0.25) is 0 Å². The molecule has 1 aliphatic rings. The molecule has 22 heavy (non-hydrogen) atoms. The monoisotopic (exact) mass is 333 g/mol. The van der Waals surface area contributed by atoms with Crippen molar-refractivity contribution in [2.45, 2.75) is 42.4 Å². The van der Waals surface area contributed by atoms with Gasteiger partial charge in [0.05, 0.1) is 5.41 Å². The van der Waals surface area contributed by atoms with Gasteiger partial charge in [-0.2, -0.15) is 0 Å². The lowest BCUT2D eigenvalue weighted by atomic mass is 9.78. The van der Waals surface area contributed by atoms with Gasteiger partial charge in [0.15, 0.2) is 4.34 Å². The number of thioether (sulfide) groups is 1. The quantitative estimate of drug-likeness (QED) is 0.661. The van der Waals surface area contributed by atoms with E-state index in [-0.39, 0.29) is 5.91 Å². The summed E-state index contributed by atoms with van der Waals surface area (Å²) in [4.78, 5) is 12.9. The van der Waals surface area contributed by atoms with Gasteiger partial charge in [-0.3, -0.25) is 10.1 Å². The number of amides is 1. The molecule has 0 saturated heterocycles. The summed E-state index contributed by atoms with van der Waals surface area (Å²) in [6.45, 7) is 2.08. The smallest absolute Gasteiger partial charge is 0.236 e. The molecule has 0 spiro atoms. The van der Waals surface area contributed by atoms with Crippen molar-refractivity contribution in [1.29, 1.82) is 0 Å². The minimum atomic E-state index is -0.412. The van der Waals surface area contributed by atoms with Crippen LogP contribution in [0.3, 0.4) is 0 Å². The Labute approximate surface area is 138 Å². The van der Waals surface area contributed by atoms with E-state index in [9.17, 15) is 4.79 Å². The molecule has 0 atom stereocenters. The Bertz CT molecular complexity index is 636. The highest BCUT2D eigenvalue weighted by molar-refractivity contribution is 8.01. The van der Waals surface area contributed by atoms with Crippen LogP contribution in [0.4, 0.5) is 5.13 Å². The third-order valence-electron chi connectivity index (χ3n) is 4.11. The molecule has 4 nitrogen and oxygen atoms in total. The molecule has 1 aliphatic carbocycles. The van der Waals surface area contributed by atoms with E-state index >= 15 is 0 Å². The van der Waals surface area contributed by atoms with Gasteiger partial charge < -0.3 is 0 Å². The molecule has 0 aliphatic heterocycles. The topological polar surface area (TPSA) is 54.9 Å². The molecule has 2 aromatic rings. The fourth-order valence-corrected chi connectivity index (χ4v) is 4.69. The standard InChI is InChI=1S/C16H19N3OS2/c1-2-21-15-19-18-14(22-15)17-13(20)16(10-6-7-11-16)12-8-4-3-5-9-12/h3-5,8-9H,2,6-7,10-11H2,1H3,(H,17,18,20). The molecule has 1 saturated carbocycles. The molecule has 1 N–H and O–H groups in total. The van der Waals surface area contributed by atoms with Crippen LogP contribution in [-0.2, 0) is 10.2 Å². The second kappa shape index (κ2) is 6.79. The van der Waals surface area contributed by atoms with Gasteiger partial charge in [-0.05, 0) is 24.2 Å². The number of benzene rings is 1. The summed E-state index contributed by atoms with van der Waals surface area (Å²) in [6.07, 6.45) is 3.99. The number of aromatic nitrogens is 2. The van der Waals surface area contributed by atoms with Crippen molar-refractivity contribution in [3.05, 3.63) is 35.9 Å². The van der Waals surface area contributed by atoms with Crippen molar-refractivity contribution in [3.8, 4) is 0 Å². The van der Waals surface area contributed by atoms with Crippen molar-refractivity contribution in [3.63, 3.8) is 0 Å². The molecule has 6 heteroatoms. The number of hydrogen-bond acceptors (Lipinski definition) is 5. The Morgan fingerprint density at radius 1 is 1.27 bits per heavy atom. The Hall–Kier alpha value is -1.40. The van der Waals surface area contributed by atoms with Gasteiger partial charge in [-0.1, -0.05) is 73.2 Å². The summed E-state index contributed by atoms with van der Waals surface area (Å²) in [6, 6.07) is 10.1. The molecule has 116 valence electrons. The highest BCUT2D eigenvalue weighted by Gasteiger charge is 2.42. The molecular formula is C16H19N3OS2. The van der Waals surface area contributed by atoms with Gasteiger partial charge in [0.25, 0.3) is 0 Å².